The Morgan fingerprint density at radius 2 is 2.17 bits per heavy atom. The number of hydrogen-bond donors (Lipinski definition) is 2. The van der Waals surface area contributed by atoms with Crippen molar-refractivity contribution in [2.45, 2.75) is 57.6 Å². The van der Waals surface area contributed by atoms with Crippen LogP contribution in [0.25, 0.3) is 0 Å². The van der Waals surface area contributed by atoms with E-state index in [-0.39, 0.29) is 23.6 Å². The van der Waals surface area contributed by atoms with Gasteiger partial charge in [-0.05, 0) is 19.3 Å². The number of hydrogen-bond acceptors (Lipinski definition) is 4. The highest BCUT2D eigenvalue weighted by Crippen LogP contribution is 2.21. The Bertz CT molecular complexity index is 456. The molecule has 1 saturated carbocycles. The lowest BCUT2D eigenvalue weighted by atomic mass is 9.93. The minimum Gasteiger partial charge on any atom is -0.473 e. The first-order valence-electron chi connectivity index (χ1n) is 6.60. The molecule has 0 saturated heterocycles. The molecule has 0 bridgehead atoms. The van der Waals surface area contributed by atoms with Crippen molar-refractivity contribution < 1.29 is 4.74 Å². The van der Waals surface area contributed by atoms with Gasteiger partial charge in [0, 0.05) is 12.0 Å². The molecule has 2 rings (SSSR count). The van der Waals surface area contributed by atoms with Crippen LogP contribution < -0.4 is 16.0 Å². The highest BCUT2D eigenvalue weighted by molar-refractivity contribution is 5.11. The van der Waals surface area contributed by atoms with E-state index in [4.69, 9.17) is 10.5 Å². The van der Waals surface area contributed by atoms with E-state index in [2.05, 4.69) is 9.97 Å². The minimum absolute atomic E-state index is 0.0203. The fraction of sp³-hybridized carbons (Fsp3) is 0.692. The molecule has 0 radical (unpaired) electrons. The molecule has 1 aromatic heterocycles. The Labute approximate surface area is 107 Å². The highest BCUT2D eigenvalue weighted by Gasteiger charge is 2.24. The number of nitrogens with one attached hydrogen (secondary N) is 1. The Balaban J connectivity index is 2.15. The predicted octanol–water partition coefficient (Wildman–Crippen LogP) is 1.54. The first kappa shape index (κ1) is 13.1. The topological polar surface area (TPSA) is 81.0 Å². The lowest BCUT2D eigenvalue weighted by molar-refractivity contribution is 0.126. The van der Waals surface area contributed by atoms with Crippen LogP contribution in [0.15, 0.2) is 10.9 Å². The maximum Gasteiger partial charge on any atom is 0.254 e. The number of H-pyrrole nitrogens is 1. The maximum absolute atomic E-state index is 11.5. The second-order valence-corrected chi connectivity index (χ2v) is 5.23. The third-order valence-electron chi connectivity index (χ3n) is 3.31. The Kier molecular flexibility index (Phi) is 4.01. The zero-order chi connectivity index (χ0) is 13.1. The van der Waals surface area contributed by atoms with Crippen molar-refractivity contribution >= 4 is 0 Å². The van der Waals surface area contributed by atoms with Crippen LogP contribution in [-0.2, 0) is 0 Å². The second-order valence-electron chi connectivity index (χ2n) is 5.23. The molecule has 1 heterocycles. The summed E-state index contributed by atoms with van der Waals surface area (Å²) in [6, 6.07) is 1.44. The molecular weight excluding hydrogens is 230 g/mol. The number of aromatic nitrogens is 2. The summed E-state index contributed by atoms with van der Waals surface area (Å²) in [6.45, 7) is 3.96. The summed E-state index contributed by atoms with van der Waals surface area (Å²) in [4.78, 5) is 18.6. The van der Waals surface area contributed by atoms with Crippen LogP contribution >= 0.6 is 0 Å². The molecule has 2 unspecified atom stereocenters. The van der Waals surface area contributed by atoms with Crippen LogP contribution in [0.5, 0.6) is 5.88 Å². The molecule has 1 fully saturated rings. The van der Waals surface area contributed by atoms with Crippen LogP contribution in [0.1, 0.15) is 51.3 Å². The quantitative estimate of drug-likeness (QED) is 0.854. The predicted molar refractivity (Wildman–Crippen MR) is 69.8 cm³/mol. The maximum atomic E-state index is 11.5. The summed E-state index contributed by atoms with van der Waals surface area (Å²) < 4.78 is 5.78. The minimum atomic E-state index is -0.173. The van der Waals surface area contributed by atoms with E-state index in [1.807, 2.05) is 13.8 Å². The van der Waals surface area contributed by atoms with Crippen molar-refractivity contribution in [3.63, 3.8) is 0 Å². The molecule has 100 valence electrons. The summed E-state index contributed by atoms with van der Waals surface area (Å²) >= 11 is 0. The van der Waals surface area contributed by atoms with Crippen LogP contribution in [0.2, 0.25) is 0 Å². The van der Waals surface area contributed by atoms with Crippen LogP contribution in [0, 0.1) is 0 Å². The van der Waals surface area contributed by atoms with Crippen molar-refractivity contribution in [1.82, 2.24) is 9.97 Å². The standard InChI is InChI=1S/C13H21N3O2/c1-8(2)13-15-11(17)7-12(16-13)18-10-6-4-3-5-9(10)14/h7-10H,3-6,14H2,1-2H3,(H,15,16,17). The zero-order valence-electron chi connectivity index (χ0n) is 11.0. The van der Waals surface area contributed by atoms with E-state index in [0.717, 1.165) is 25.7 Å². The van der Waals surface area contributed by atoms with E-state index in [0.29, 0.717) is 11.7 Å². The van der Waals surface area contributed by atoms with E-state index in [1.54, 1.807) is 0 Å². The highest BCUT2D eigenvalue weighted by atomic mass is 16.5. The van der Waals surface area contributed by atoms with Gasteiger partial charge in [0.25, 0.3) is 5.56 Å². The second kappa shape index (κ2) is 5.52. The molecule has 5 nitrogen and oxygen atoms in total. The molecule has 0 aromatic carbocycles. The molecule has 0 spiro atoms. The average Bonchev–Trinajstić information content (AvgIpc) is 2.31. The number of nitrogens with zero attached hydrogens (tertiary/aromatic N) is 1. The largest absolute Gasteiger partial charge is 0.473 e. The zero-order valence-corrected chi connectivity index (χ0v) is 11.0. The first-order chi connectivity index (χ1) is 8.56. The van der Waals surface area contributed by atoms with Gasteiger partial charge in [0.1, 0.15) is 11.9 Å². The van der Waals surface area contributed by atoms with Gasteiger partial charge in [0.15, 0.2) is 0 Å². The lowest BCUT2D eigenvalue weighted by Gasteiger charge is -2.28. The van der Waals surface area contributed by atoms with Crippen molar-refractivity contribution in [2.24, 2.45) is 5.73 Å². The molecule has 1 aliphatic carbocycles. The van der Waals surface area contributed by atoms with Crippen molar-refractivity contribution in [3.8, 4) is 5.88 Å². The monoisotopic (exact) mass is 251 g/mol. The average molecular weight is 251 g/mol. The van der Waals surface area contributed by atoms with Gasteiger partial charge >= 0.3 is 0 Å². The molecule has 3 N–H and O–H groups in total. The molecular formula is C13H21N3O2. The number of rotatable bonds is 3. The van der Waals surface area contributed by atoms with Crippen LogP contribution in [-0.4, -0.2) is 22.1 Å². The van der Waals surface area contributed by atoms with Gasteiger partial charge in [-0.15, -0.1) is 0 Å². The van der Waals surface area contributed by atoms with Gasteiger partial charge in [0.05, 0.1) is 6.07 Å². The molecule has 2 atom stereocenters. The van der Waals surface area contributed by atoms with E-state index >= 15 is 0 Å². The lowest BCUT2D eigenvalue weighted by Crippen LogP contribution is -2.41. The van der Waals surface area contributed by atoms with Gasteiger partial charge in [-0.1, -0.05) is 20.3 Å². The summed E-state index contributed by atoms with van der Waals surface area (Å²) in [6.07, 6.45) is 4.17. The van der Waals surface area contributed by atoms with Crippen molar-refractivity contribution in [2.75, 3.05) is 0 Å². The van der Waals surface area contributed by atoms with Gasteiger partial charge in [-0.2, -0.15) is 4.98 Å². The summed E-state index contributed by atoms with van der Waals surface area (Å²) in [5, 5.41) is 0. The normalized spacial score (nSPS) is 24.2. The van der Waals surface area contributed by atoms with E-state index in [9.17, 15) is 4.79 Å². The van der Waals surface area contributed by atoms with Gasteiger partial charge in [-0.3, -0.25) is 4.79 Å². The van der Waals surface area contributed by atoms with Gasteiger partial charge in [-0.25, -0.2) is 0 Å². The molecule has 1 aromatic rings. The van der Waals surface area contributed by atoms with E-state index < -0.39 is 0 Å². The van der Waals surface area contributed by atoms with Gasteiger partial charge < -0.3 is 15.5 Å². The first-order valence-corrected chi connectivity index (χ1v) is 6.60. The Morgan fingerprint density at radius 3 is 2.83 bits per heavy atom. The Hall–Kier alpha value is -1.36. The van der Waals surface area contributed by atoms with E-state index in [1.165, 1.54) is 6.07 Å². The fourth-order valence-corrected chi connectivity index (χ4v) is 2.21. The Morgan fingerprint density at radius 1 is 1.44 bits per heavy atom. The third-order valence-corrected chi connectivity index (χ3v) is 3.31. The molecule has 18 heavy (non-hydrogen) atoms. The number of aromatic amines is 1. The molecule has 0 amide bonds. The summed E-state index contributed by atoms with van der Waals surface area (Å²) in [7, 11) is 0. The molecule has 5 heteroatoms. The van der Waals surface area contributed by atoms with Crippen LogP contribution in [0.3, 0.4) is 0 Å². The molecule has 1 aliphatic rings. The van der Waals surface area contributed by atoms with Crippen molar-refractivity contribution in [1.29, 1.82) is 0 Å². The summed E-state index contributed by atoms with van der Waals surface area (Å²) in [5.74, 6) is 1.22. The SMILES string of the molecule is CC(C)c1nc(OC2CCCCC2N)cc(=O)[nH]1. The summed E-state index contributed by atoms with van der Waals surface area (Å²) in [5.41, 5.74) is 5.85. The number of nitrogens with two attached hydrogens (primary N) is 1. The molecule has 0 aliphatic heterocycles. The third kappa shape index (κ3) is 3.10. The smallest absolute Gasteiger partial charge is 0.254 e. The van der Waals surface area contributed by atoms with Gasteiger partial charge in [0.2, 0.25) is 5.88 Å². The fourth-order valence-electron chi connectivity index (χ4n) is 2.21. The number of ether oxygens (including phenoxy) is 1. The van der Waals surface area contributed by atoms with Crippen molar-refractivity contribution in [3.05, 3.63) is 22.2 Å². The van der Waals surface area contributed by atoms with Crippen LogP contribution in [0.4, 0.5) is 0 Å².